The largest absolute Gasteiger partial charge is 0.480 e. The van der Waals surface area contributed by atoms with Crippen molar-refractivity contribution in [2.75, 3.05) is 6.54 Å². The topological polar surface area (TPSA) is 170 Å². The van der Waals surface area contributed by atoms with Crippen LogP contribution in [-0.4, -0.2) is 54.0 Å². The van der Waals surface area contributed by atoms with Gasteiger partial charge in [0.25, 0.3) is 10.0 Å². The molecule has 12 heteroatoms. The zero-order valence-corrected chi connectivity index (χ0v) is 16.3. The van der Waals surface area contributed by atoms with Crippen molar-refractivity contribution in [1.82, 2.24) is 25.3 Å². The third-order valence-corrected chi connectivity index (χ3v) is 5.16. The lowest BCUT2D eigenvalue weighted by Crippen LogP contribution is -2.44. The van der Waals surface area contributed by atoms with Crippen LogP contribution in [0.2, 0.25) is 0 Å². The number of benzene rings is 1. The summed E-state index contributed by atoms with van der Waals surface area (Å²) in [4.78, 5) is 41.4. The van der Waals surface area contributed by atoms with Gasteiger partial charge < -0.3 is 20.7 Å². The van der Waals surface area contributed by atoms with Gasteiger partial charge >= 0.3 is 12.0 Å². The number of carboxylic acid groups (broad SMARTS) is 1. The first kappa shape index (κ1) is 21.9. The van der Waals surface area contributed by atoms with Crippen molar-refractivity contribution < 1.29 is 27.9 Å². The fourth-order valence-corrected chi connectivity index (χ4v) is 3.24. The van der Waals surface area contributed by atoms with Crippen molar-refractivity contribution in [2.45, 2.75) is 30.7 Å². The number of aryl methyl sites for hydroxylation is 1. The summed E-state index contributed by atoms with van der Waals surface area (Å²) in [6.07, 6.45) is 2.63. The average Bonchev–Trinajstić information content (AvgIpc) is 3.14. The number of aliphatic carboxylic acids is 1. The number of rotatable bonds is 9. The van der Waals surface area contributed by atoms with E-state index in [1.165, 1.54) is 24.7 Å². The Kier molecular flexibility index (Phi) is 7.31. The van der Waals surface area contributed by atoms with Crippen LogP contribution >= 0.6 is 0 Å². The zero-order chi connectivity index (χ0) is 21.4. The van der Waals surface area contributed by atoms with E-state index >= 15 is 0 Å². The molecular formula is C17H21N5O6S. The summed E-state index contributed by atoms with van der Waals surface area (Å²) >= 11 is 0. The molecule has 5 N–H and O–H groups in total. The van der Waals surface area contributed by atoms with Crippen LogP contribution in [0.3, 0.4) is 0 Å². The van der Waals surface area contributed by atoms with E-state index in [0.717, 1.165) is 5.56 Å². The highest BCUT2D eigenvalue weighted by atomic mass is 32.2. The molecule has 1 aromatic carbocycles. The predicted octanol–water partition coefficient (Wildman–Crippen LogP) is -0.0918. The van der Waals surface area contributed by atoms with Crippen molar-refractivity contribution in [3.8, 4) is 0 Å². The second-order valence-corrected chi connectivity index (χ2v) is 7.85. The van der Waals surface area contributed by atoms with E-state index < -0.39 is 34.0 Å². The molecule has 2 aromatic rings. The first-order chi connectivity index (χ1) is 13.7. The number of urea groups is 1. The molecule has 3 amide bonds. The number of hydrogen-bond acceptors (Lipinski definition) is 6. The summed E-state index contributed by atoms with van der Waals surface area (Å²) in [6, 6.07) is 3.76. The molecule has 0 saturated heterocycles. The van der Waals surface area contributed by atoms with E-state index in [4.69, 9.17) is 0 Å². The second kappa shape index (κ2) is 9.68. The quantitative estimate of drug-likeness (QED) is 0.375. The molecule has 1 unspecified atom stereocenters. The van der Waals surface area contributed by atoms with Crippen molar-refractivity contribution in [2.24, 2.45) is 0 Å². The number of carbonyl (C=O) groups excluding carboxylic acids is 2. The molecule has 2 rings (SSSR count). The smallest absolute Gasteiger partial charge is 0.328 e. The van der Waals surface area contributed by atoms with Crippen LogP contribution in [0.25, 0.3) is 0 Å². The Bertz CT molecular complexity index is 957. The van der Waals surface area contributed by atoms with Gasteiger partial charge in [0, 0.05) is 31.3 Å². The van der Waals surface area contributed by atoms with Crippen LogP contribution < -0.4 is 15.4 Å². The Labute approximate surface area is 167 Å². The number of carboxylic acids is 1. The van der Waals surface area contributed by atoms with Crippen molar-refractivity contribution in [1.29, 1.82) is 0 Å². The SMILES string of the molecule is Cc1ccc(S(=O)(=O)NC(=O)NCCC(=O)NC(Cc2cnc[nH]2)C(=O)O)cc1. The molecule has 0 aliphatic rings. The van der Waals surface area contributed by atoms with E-state index in [0.29, 0.717) is 5.69 Å². The van der Waals surface area contributed by atoms with Crippen molar-refractivity contribution >= 4 is 27.9 Å². The number of H-pyrrole nitrogens is 1. The molecule has 29 heavy (non-hydrogen) atoms. The summed E-state index contributed by atoms with van der Waals surface area (Å²) in [7, 11) is -4.04. The van der Waals surface area contributed by atoms with E-state index in [-0.39, 0.29) is 24.3 Å². The maximum atomic E-state index is 12.1. The van der Waals surface area contributed by atoms with Gasteiger partial charge in [-0.3, -0.25) is 4.79 Å². The van der Waals surface area contributed by atoms with Gasteiger partial charge in [-0.05, 0) is 19.1 Å². The number of sulfonamides is 1. The first-order valence-electron chi connectivity index (χ1n) is 8.54. The molecule has 0 aliphatic carbocycles. The average molecular weight is 423 g/mol. The highest BCUT2D eigenvalue weighted by Crippen LogP contribution is 2.09. The van der Waals surface area contributed by atoms with Gasteiger partial charge in [-0.1, -0.05) is 17.7 Å². The van der Waals surface area contributed by atoms with E-state index in [1.807, 2.05) is 4.72 Å². The molecule has 0 aliphatic heterocycles. The van der Waals surface area contributed by atoms with Crippen LogP contribution in [-0.2, 0) is 26.0 Å². The highest BCUT2D eigenvalue weighted by molar-refractivity contribution is 7.90. The molecule has 0 saturated carbocycles. The Morgan fingerprint density at radius 2 is 1.90 bits per heavy atom. The fraction of sp³-hybridized carbons (Fsp3) is 0.294. The monoisotopic (exact) mass is 423 g/mol. The molecule has 156 valence electrons. The number of hydrogen-bond donors (Lipinski definition) is 5. The normalized spacial score (nSPS) is 12.0. The summed E-state index contributed by atoms with van der Waals surface area (Å²) in [5.74, 6) is -1.83. The third-order valence-electron chi connectivity index (χ3n) is 3.81. The van der Waals surface area contributed by atoms with Crippen LogP contribution in [0.1, 0.15) is 17.7 Å². The Balaban J connectivity index is 1.79. The van der Waals surface area contributed by atoms with Gasteiger partial charge in [-0.2, -0.15) is 0 Å². The summed E-state index contributed by atoms with van der Waals surface area (Å²) < 4.78 is 26.0. The summed E-state index contributed by atoms with van der Waals surface area (Å²) in [5, 5.41) is 13.8. The second-order valence-electron chi connectivity index (χ2n) is 6.16. The van der Waals surface area contributed by atoms with Crippen LogP contribution in [0.4, 0.5) is 4.79 Å². The maximum absolute atomic E-state index is 12.1. The Hall–Kier alpha value is -3.41. The number of aromatic amines is 1. The summed E-state index contributed by atoms with van der Waals surface area (Å²) in [5.41, 5.74) is 1.41. The number of nitrogens with zero attached hydrogens (tertiary/aromatic N) is 1. The Morgan fingerprint density at radius 1 is 1.21 bits per heavy atom. The summed E-state index contributed by atoms with van der Waals surface area (Å²) in [6.45, 7) is 1.61. The fourth-order valence-electron chi connectivity index (χ4n) is 2.31. The minimum Gasteiger partial charge on any atom is -0.480 e. The maximum Gasteiger partial charge on any atom is 0.328 e. The molecule has 1 heterocycles. The van der Waals surface area contributed by atoms with Crippen molar-refractivity contribution in [3.05, 3.63) is 48.0 Å². The minimum atomic E-state index is -4.04. The molecular weight excluding hydrogens is 402 g/mol. The lowest BCUT2D eigenvalue weighted by atomic mass is 10.1. The first-order valence-corrected chi connectivity index (χ1v) is 10.0. The Morgan fingerprint density at radius 3 is 2.48 bits per heavy atom. The lowest BCUT2D eigenvalue weighted by Gasteiger charge is -2.14. The van der Waals surface area contributed by atoms with E-state index in [2.05, 4.69) is 20.6 Å². The van der Waals surface area contributed by atoms with Crippen LogP contribution in [0.15, 0.2) is 41.7 Å². The molecule has 0 spiro atoms. The van der Waals surface area contributed by atoms with Gasteiger partial charge in [0.1, 0.15) is 6.04 Å². The van der Waals surface area contributed by atoms with Gasteiger partial charge in [-0.25, -0.2) is 27.7 Å². The molecule has 0 bridgehead atoms. The van der Waals surface area contributed by atoms with E-state index in [9.17, 15) is 27.9 Å². The number of amides is 3. The molecule has 11 nitrogen and oxygen atoms in total. The molecule has 0 radical (unpaired) electrons. The predicted molar refractivity (Wildman–Crippen MR) is 101 cm³/mol. The van der Waals surface area contributed by atoms with Gasteiger partial charge in [0.15, 0.2) is 0 Å². The number of imidazole rings is 1. The molecule has 1 aromatic heterocycles. The number of nitrogens with one attached hydrogen (secondary N) is 4. The van der Waals surface area contributed by atoms with Crippen molar-refractivity contribution in [3.63, 3.8) is 0 Å². The standard InChI is InChI=1S/C17H21N5O6S/c1-11-2-4-13(5-3-11)29(27,28)22-17(26)19-7-6-15(23)21-14(16(24)25)8-12-9-18-10-20-12/h2-5,9-10,14H,6-8H2,1H3,(H,18,20)(H,21,23)(H,24,25)(H2,19,22,26). The highest BCUT2D eigenvalue weighted by Gasteiger charge is 2.21. The zero-order valence-electron chi connectivity index (χ0n) is 15.5. The van der Waals surface area contributed by atoms with Crippen LogP contribution in [0.5, 0.6) is 0 Å². The molecule has 0 fully saturated rings. The van der Waals surface area contributed by atoms with Gasteiger partial charge in [-0.15, -0.1) is 0 Å². The number of carbonyl (C=O) groups is 3. The van der Waals surface area contributed by atoms with E-state index in [1.54, 1.807) is 19.1 Å². The van der Waals surface area contributed by atoms with Gasteiger partial charge in [0.05, 0.1) is 11.2 Å². The molecule has 1 atom stereocenters. The number of aromatic nitrogens is 2. The third kappa shape index (κ3) is 6.92. The lowest BCUT2D eigenvalue weighted by molar-refractivity contribution is -0.141. The minimum absolute atomic E-state index is 0.0176. The van der Waals surface area contributed by atoms with Crippen LogP contribution in [0, 0.1) is 6.92 Å². The van der Waals surface area contributed by atoms with Gasteiger partial charge in [0.2, 0.25) is 5.91 Å².